The summed E-state index contributed by atoms with van der Waals surface area (Å²) in [4.78, 5) is 0. The summed E-state index contributed by atoms with van der Waals surface area (Å²) in [5.41, 5.74) is 0.537. The molecule has 0 aromatic heterocycles. The molecule has 1 aliphatic rings. The maximum Gasteiger partial charge on any atom is 0.175 e. The van der Waals surface area contributed by atoms with Gasteiger partial charge in [-0.3, -0.25) is 0 Å². The van der Waals surface area contributed by atoms with Gasteiger partial charge in [0.1, 0.15) is 0 Å². The second-order valence-electron chi connectivity index (χ2n) is 4.37. The van der Waals surface area contributed by atoms with E-state index >= 15 is 0 Å². The Morgan fingerprint density at radius 3 is 3.00 bits per heavy atom. The number of ether oxygens (including phenoxy) is 3. The van der Waals surface area contributed by atoms with Crippen molar-refractivity contribution >= 4 is 15.9 Å². The molecule has 0 unspecified atom stereocenters. The molecular weight excluding hydrogens is 310 g/mol. The molecule has 1 fully saturated rings. The Hall–Kier alpha value is -1.25. The lowest BCUT2D eigenvalue weighted by Crippen LogP contribution is -2.11. The molecule has 1 saturated heterocycles. The quantitative estimate of drug-likeness (QED) is 0.833. The fraction of sp³-hybridized carbons (Fsp3) is 0.500. The van der Waals surface area contributed by atoms with Gasteiger partial charge >= 0.3 is 0 Å². The average Bonchev–Trinajstić information content (AvgIpc) is 2.93. The van der Waals surface area contributed by atoms with E-state index in [4.69, 9.17) is 19.5 Å². The van der Waals surface area contributed by atoms with Crippen LogP contribution in [0.3, 0.4) is 0 Å². The van der Waals surface area contributed by atoms with E-state index < -0.39 is 0 Å². The number of nitriles is 1. The van der Waals surface area contributed by atoms with E-state index in [1.165, 1.54) is 0 Å². The van der Waals surface area contributed by atoms with E-state index in [2.05, 4.69) is 22.0 Å². The van der Waals surface area contributed by atoms with Gasteiger partial charge < -0.3 is 14.2 Å². The van der Waals surface area contributed by atoms with E-state index in [-0.39, 0.29) is 0 Å². The summed E-state index contributed by atoms with van der Waals surface area (Å²) < 4.78 is 17.3. The second kappa shape index (κ2) is 6.78. The molecule has 0 amide bonds. The third-order valence-corrected chi connectivity index (χ3v) is 3.66. The van der Waals surface area contributed by atoms with Crippen molar-refractivity contribution in [3.63, 3.8) is 0 Å². The van der Waals surface area contributed by atoms with E-state index in [0.717, 1.165) is 30.3 Å². The van der Waals surface area contributed by atoms with Crippen molar-refractivity contribution in [1.29, 1.82) is 5.26 Å². The SMILES string of the molecule is COc1cc(C#N)cc(Br)c1OCC[C@@H]1CCCO1. The monoisotopic (exact) mass is 325 g/mol. The molecule has 19 heavy (non-hydrogen) atoms. The molecule has 5 heteroatoms. The third-order valence-electron chi connectivity index (χ3n) is 3.07. The molecule has 0 saturated carbocycles. The Bertz CT molecular complexity index is 478. The zero-order valence-corrected chi connectivity index (χ0v) is 12.4. The summed E-state index contributed by atoms with van der Waals surface area (Å²) in [7, 11) is 1.57. The van der Waals surface area contributed by atoms with Gasteiger partial charge in [-0.1, -0.05) is 0 Å². The molecular formula is C14H16BrNO3. The van der Waals surface area contributed by atoms with E-state index in [1.807, 2.05) is 0 Å². The largest absolute Gasteiger partial charge is 0.493 e. The van der Waals surface area contributed by atoms with Crippen molar-refractivity contribution in [1.82, 2.24) is 0 Å². The lowest BCUT2D eigenvalue weighted by atomic mass is 10.2. The minimum atomic E-state index is 0.308. The summed E-state index contributed by atoms with van der Waals surface area (Å²) in [6.07, 6.45) is 3.42. The fourth-order valence-electron chi connectivity index (χ4n) is 2.09. The van der Waals surface area contributed by atoms with Gasteiger partial charge in [-0.15, -0.1) is 0 Å². The minimum Gasteiger partial charge on any atom is -0.493 e. The first-order valence-electron chi connectivity index (χ1n) is 6.26. The minimum absolute atomic E-state index is 0.308. The molecule has 102 valence electrons. The lowest BCUT2D eigenvalue weighted by Gasteiger charge is -2.14. The highest BCUT2D eigenvalue weighted by Crippen LogP contribution is 2.36. The number of halogens is 1. The molecule has 1 aromatic rings. The Morgan fingerprint density at radius 2 is 2.37 bits per heavy atom. The summed E-state index contributed by atoms with van der Waals surface area (Å²) in [5.74, 6) is 1.21. The molecule has 4 nitrogen and oxygen atoms in total. The topological polar surface area (TPSA) is 51.5 Å². The van der Waals surface area contributed by atoms with E-state index in [1.54, 1.807) is 19.2 Å². The first kappa shape index (κ1) is 14.2. The van der Waals surface area contributed by atoms with Crippen LogP contribution in [-0.2, 0) is 4.74 Å². The van der Waals surface area contributed by atoms with Crippen LogP contribution < -0.4 is 9.47 Å². The lowest BCUT2D eigenvalue weighted by molar-refractivity contribution is 0.0897. The normalized spacial score (nSPS) is 18.1. The van der Waals surface area contributed by atoms with Crippen molar-refractivity contribution in [2.75, 3.05) is 20.3 Å². The molecule has 1 atom stereocenters. The standard InChI is InChI=1S/C14H16BrNO3/c1-17-13-8-10(9-16)7-12(15)14(13)19-6-4-11-3-2-5-18-11/h7-8,11H,2-6H2,1H3/t11-/m0/s1. The zero-order chi connectivity index (χ0) is 13.7. The van der Waals surface area contributed by atoms with Gasteiger partial charge in [0.15, 0.2) is 11.5 Å². The van der Waals surface area contributed by atoms with Crippen molar-refractivity contribution in [2.24, 2.45) is 0 Å². The number of benzene rings is 1. The van der Waals surface area contributed by atoms with Gasteiger partial charge in [-0.25, -0.2) is 0 Å². The summed E-state index contributed by atoms with van der Waals surface area (Å²) in [5, 5.41) is 8.91. The van der Waals surface area contributed by atoms with Gasteiger partial charge in [-0.2, -0.15) is 5.26 Å². The van der Waals surface area contributed by atoms with Gasteiger partial charge in [0.2, 0.25) is 0 Å². The Labute approximate surface area is 121 Å². The first-order chi connectivity index (χ1) is 9.24. The van der Waals surface area contributed by atoms with Crippen LogP contribution >= 0.6 is 15.9 Å². The second-order valence-corrected chi connectivity index (χ2v) is 5.23. The van der Waals surface area contributed by atoms with Gasteiger partial charge in [0.25, 0.3) is 0 Å². The number of rotatable bonds is 5. The van der Waals surface area contributed by atoms with Crippen LogP contribution in [-0.4, -0.2) is 26.4 Å². The Morgan fingerprint density at radius 1 is 1.53 bits per heavy atom. The van der Waals surface area contributed by atoms with Crippen LogP contribution in [0.5, 0.6) is 11.5 Å². The number of methoxy groups -OCH3 is 1. The molecule has 1 aliphatic heterocycles. The zero-order valence-electron chi connectivity index (χ0n) is 10.8. The molecule has 0 radical (unpaired) electrons. The third kappa shape index (κ3) is 3.62. The molecule has 1 heterocycles. The fourth-order valence-corrected chi connectivity index (χ4v) is 2.65. The molecule has 1 aromatic carbocycles. The van der Waals surface area contributed by atoms with Crippen LogP contribution in [0.15, 0.2) is 16.6 Å². The van der Waals surface area contributed by atoms with Crippen LogP contribution in [0.25, 0.3) is 0 Å². The maximum absolute atomic E-state index is 8.91. The predicted octanol–water partition coefficient (Wildman–Crippen LogP) is 3.28. The van der Waals surface area contributed by atoms with Crippen LogP contribution in [0.2, 0.25) is 0 Å². The van der Waals surface area contributed by atoms with Crippen molar-refractivity contribution in [3.05, 3.63) is 22.2 Å². The molecule has 0 N–H and O–H groups in total. The average molecular weight is 326 g/mol. The molecule has 0 aliphatic carbocycles. The van der Waals surface area contributed by atoms with Gasteiger partial charge in [0, 0.05) is 19.1 Å². The first-order valence-corrected chi connectivity index (χ1v) is 7.06. The van der Waals surface area contributed by atoms with Gasteiger partial charge in [-0.05, 0) is 34.8 Å². The Balaban J connectivity index is 2.00. The van der Waals surface area contributed by atoms with E-state index in [0.29, 0.717) is 29.8 Å². The van der Waals surface area contributed by atoms with Crippen molar-refractivity contribution in [2.45, 2.75) is 25.4 Å². The van der Waals surface area contributed by atoms with Crippen molar-refractivity contribution in [3.8, 4) is 17.6 Å². The highest BCUT2D eigenvalue weighted by atomic mass is 79.9. The molecule has 0 spiro atoms. The summed E-state index contributed by atoms with van der Waals surface area (Å²) in [6.45, 7) is 1.43. The summed E-state index contributed by atoms with van der Waals surface area (Å²) in [6, 6.07) is 5.48. The highest BCUT2D eigenvalue weighted by Gasteiger charge is 2.17. The number of hydrogen-bond donors (Lipinski definition) is 0. The molecule has 0 bridgehead atoms. The summed E-state index contributed by atoms with van der Waals surface area (Å²) >= 11 is 3.41. The van der Waals surface area contributed by atoms with Crippen LogP contribution in [0.1, 0.15) is 24.8 Å². The van der Waals surface area contributed by atoms with Crippen LogP contribution in [0, 0.1) is 11.3 Å². The Kier molecular flexibility index (Phi) is 5.06. The van der Waals surface area contributed by atoms with Crippen LogP contribution in [0.4, 0.5) is 0 Å². The molecule has 2 rings (SSSR count). The number of nitrogens with zero attached hydrogens (tertiary/aromatic N) is 1. The van der Waals surface area contributed by atoms with Gasteiger partial charge in [0.05, 0.1) is 35.9 Å². The maximum atomic E-state index is 8.91. The van der Waals surface area contributed by atoms with Crippen molar-refractivity contribution < 1.29 is 14.2 Å². The predicted molar refractivity (Wildman–Crippen MR) is 74.5 cm³/mol. The smallest absolute Gasteiger partial charge is 0.175 e. The number of hydrogen-bond acceptors (Lipinski definition) is 4. The van der Waals surface area contributed by atoms with E-state index in [9.17, 15) is 0 Å². The highest BCUT2D eigenvalue weighted by molar-refractivity contribution is 9.10.